The summed E-state index contributed by atoms with van der Waals surface area (Å²) in [6.45, 7) is 5.02. The van der Waals surface area contributed by atoms with Gasteiger partial charge in [-0.25, -0.2) is 0 Å². The van der Waals surface area contributed by atoms with Gasteiger partial charge in [-0.05, 0) is 52.9 Å². The third kappa shape index (κ3) is 3.74. The first-order valence-corrected chi connectivity index (χ1v) is 8.11. The predicted octanol–water partition coefficient (Wildman–Crippen LogP) is 5.47. The standard InChI is InChI=1S/C15H18BrNOS/c1-3-9-18-14-7-5-4-6-13(14)17-11(2)15-12(16)8-10-19-15/h4-8,10-11,17H,3,9H2,1-2H3. The van der Waals surface area contributed by atoms with Crippen molar-refractivity contribution in [3.63, 3.8) is 0 Å². The van der Waals surface area contributed by atoms with Crippen LogP contribution in [0, 0.1) is 0 Å². The number of anilines is 1. The minimum Gasteiger partial charge on any atom is -0.491 e. The Morgan fingerprint density at radius 2 is 2.11 bits per heavy atom. The molecule has 1 aromatic carbocycles. The van der Waals surface area contributed by atoms with Gasteiger partial charge in [-0.15, -0.1) is 11.3 Å². The Balaban J connectivity index is 2.12. The molecule has 1 unspecified atom stereocenters. The lowest BCUT2D eigenvalue weighted by Crippen LogP contribution is -2.07. The molecule has 0 aliphatic heterocycles. The van der Waals surface area contributed by atoms with Crippen LogP contribution < -0.4 is 10.1 Å². The number of halogens is 1. The molecular formula is C15H18BrNOS. The first-order valence-electron chi connectivity index (χ1n) is 6.43. The van der Waals surface area contributed by atoms with Crippen LogP contribution in [0.25, 0.3) is 0 Å². The maximum atomic E-state index is 5.76. The fourth-order valence-corrected chi connectivity index (χ4v) is 3.56. The smallest absolute Gasteiger partial charge is 0.142 e. The predicted molar refractivity (Wildman–Crippen MR) is 86.3 cm³/mol. The van der Waals surface area contributed by atoms with Gasteiger partial charge >= 0.3 is 0 Å². The summed E-state index contributed by atoms with van der Waals surface area (Å²) in [5.74, 6) is 0.920. The Bertz CT molecular complexity index is 526. The van der Waals surface area contributed by atoms with Crippen molar-refractivity contribution in [3.8, 4) is 5.75 Å². The zero-order chi connectivity index (χ0) is 13.7. The maximum Gasteiger partial charge on any atom is 0.142 e. The molecule has 4 heteroatoms. The van der Waals surface area contributed by atoms with Gasteiger partial charge < -0.3 is 10.1 Å². The highest BCUT2D eigenvalue weighted by Crippen LogP contribution is 2.33. The Hall–Kier alpha value is -1.00. The summed E-state index contributed by atoms with van der Waals surface area (Å²) in [6.07, 6.45) is 1.01. The van der Waals surface area contributed by atoms with Crippen LogP contribution in [0.4, 0.5) is 5.69 Å². The molecule has 0 spiro atoms. The van der Waals surface area contributed by atoms with E-state index in [4.69, 9.17) is 4.74 Å². The van der Waals surface area contributed by atoms with Gasteiger partial charge in [-0.2, -0.15) is 0 Å². The molecule has 0 saturated carbocycles. The topological polar surface area (TPSA) is 21.3 Å². The second-order valence-corrected chi connectivity index (χ2v) is 6.15. The number of ether oxygens (including phenoxy) is 1. The number of nitrogens with one attached hydrogen (secondary N) is 1. The van der Waals surface area contributed by atoms with Crippen molar-refractivity contribution < 1.29 is 4.74 Å². The van der Waals surface area contributed by atoms with Crippen molar-refractivity contribution >= 4 is 33.0 Å². The van der Waals surface area contributed by atoms with E-state index in [0.29, 0.717) is 0 Å². The highest BCUT2D eigenvalue weighted by molar-refractivity contribution is 9.10. The summed E-state index contributed by atoms with van der Waals surface area (Å²) >= 11 is 5.33. The van der Waals surface area contributed by atoms with Crippen LogP contribution in [0.3, 0.4) is 0 Å². The molecule has 0 fully saturated rings. The Labute approximate surface area is 126 Å². The lowest BCUT2D eigenvalue weighted by atomic mass is 10.2. The van der Waals surface area contributed by atoms with Crippen molar-refractivity contribution in [2.24, 2.45) is 0 Å². The van der Waals surface area contributed by atoms with Crippen LogP contribution in [0.2, 0.25) is 0 Å². The van der Waals surface area contributed by atoms with Crippen molar-refractivity contribution in [3.05, 3.63) is 45.1 Å². The summed E-state index contributed by atoms with van der Waals surface area (Å²) in [4.78, 5) is 1.30. The second-order valence-electron chi connectivity index (χ2n) is 4.34. The molecule has 0 radical (unpaired) electrons. The van der Waals surface area contributed by atoms with Crippen LogP contribution in [0.15, 0.2) is 40.2 Å². The molecule has 2 rings (SSSR count). The van der Waals surface area contributed by atoms with Gasteiger partial charge in [0, 0.05) is 9.35 Å². The van der Waals surface area contributed by atoms with Crippen LogP contribution in [-0.2, 0) is 0 Å². The maximum absolute atomic E-state index is 5.76. The third-order valence-corrected chi connectivity index (χ3v) is 4.81. The van der Waals surface area contributed by atoms with E-state index in [9.17, 15) is 0 Å². The van der Waals surface area contributed by atoms with E-state index in [0.717, 1.165) is 28.9 Å². The summed E-state index contributed by atoms with van der Waals surface area (Å²) in [6, 6.07) is 10.4. The summed E-state index contributed by atoms with van der Waals surface area (Å²) < 4.78 is 6.92. The number of benzene rings is 1. The molecule has 1 aromatic heterocycles. The molecule has 1 heterocycles. The fourth-order valence-electron chi connectivity index (χ4n) is 1.84. The van der Waals surface area contributed by atoms with E-state index in [-0.39, 0.29) is 6.04 Å². The molecule has 0 saturated heterocycles. The SMILES string of the molecule is CCCOc1ccccc1NC(C)c1sccc1Br. The van der Waals surface area contributed by atoms with Crippen LogP contribution >= 0.6 is 27.3 Å². The Kier molecular flexibility index (Phi) is 5.28. The number of thiophene rings is 1. The molecule has 0 amide bonds. The minimum absolute atomic E-state index is 0.251. The van der Waals surface area contributed by atoms with Crippen LogP contribution in [-0.4, -0.2) is 6.61 Å². The highest BCUT2D eigenvalue weighted by atomic mass is 79.9. The molecule has 2 nitrogen and oxygen atoms in total. The van der Waals surface area contributed by atoms with Gasteiger partial charge in [0.1, 0.15) is 5.75 Å². The first kappa shape index (κ1) is 14.4. The number of rotatable bonds is 6. The first-order chi connectivity index (χ1) is 9.22. The van der Waals surface area contributed by atoms with E-state index in [2.05, 4.69) is 52.6 Å². The lowest BCUT2D eigenvalue weighted by Gasteiger charge is -2.17. The normalized spacial score (nSPS) is 12.2. The molecule has 0 aliphatic rings. The summed E-state index contributed by atoms with van der Waals surface area (Å²) in [7, 11) is 0. The second kappa shape index (κ2) is 6.96. The monoisotopic (exact) mass is 339 g/mol. The number of hydrogen-bond acceptors (Lipinski definition) is 3. The Morgan fingerprint density at radius 1 is 1.32 bits per heavy atom. The molecule has 0 aliphatic carbocycles. The molecular weight excluding hydrogens is 322 g/mol. The summed E-state index contributed by atoms with van der Waals surface area (Å²) in [5, 5.41) is 5.61. The molecule has 0 bridgehead atoms. The zero-order valence-electron chi connectivity index (χ0n) is 11.2. The lowest BCUT2D eigenvalue weighted by molar-refractivity contribution is 0.318. The van der Waals surface area contributed by atoms with Crippen LogP contribution in [0.5, 0.6) is 5.75 Å². The average molecular weight is 340 g/mol. The van der Waals surface area contributed by atoms with Crippen molar-refractivity contribution in [2.75, 3.05) is 11.9 Å². The quantitative estimate of drug-likeness (QED) is 0.753. The zero-order valence-corrected chi connectivity index (χ0v) is 13.6. The molecule has 1 atom stereocenters. The number of para-hydroxylation sites is 2. The van der Waals surface area contributed by atoms with E-state index < -0.39 is 0 Å². The third-order valence-electron chi connectivity index (χ3n) is 2.76. The minimum atomic E-state index is 0.251. The Morgan fingerprint density at radius 3 is 2.79 bits per heavy atom. The number of hydrogen-bond donors (Lipinski definition) is 1. The fraction of sp³-hybridized carbons (Fsp3) is 0.333. The van der Waals surface area contributed by atoms with Crippen molar-refractivity contribution in [1.29, 1.82) is 0 Å². The van der Waals surface area contributed by atoms with Gasteiger partial charge in [-0.3, -0.25) is 0 Å². The van der Waals surface area contributed by atoms with E-state index >= 15 is 0 Å². The van der Waals surface area contributed by atoms with Gasteiger partial charge in [0.05, 0.1) is 18.3 Å². The van der Waals surface area contributed by atoms with Crippen molar-refractivity contribution in [1.82, 2.24) is 0 Å². The largest absolute Gasteiger partial charge is 0.491 e. The van der Waals surface area contributed by atoms with Gasteiger partial charge in [0.2, 0.25) is 0 Å². The molecule has 2 aromatic rings. The molecule has 102 valence electrons. The van der Waals surface area contributed by atoms with E-state index in [1.165, 1.54) is 4.88 Å². The average Bonchev–Trinajstić information content (AvgIpc) is 2.84. The highest BCUT2D eigenvalue weighted by Gasteiger charge is 2.12. The van der Waals surface area contributed by atoms with E-state index in [1.54, 1.807) is 11.3 Å². The van der Waals surface area contributed by atoms with Gasteiger partial charge in [-0.1, -0.05) is 19.1 Å². The summed E-state index contributed by atoms with van der Waals surface area (Å²) in [5.41, 5.74) is 1.05. The molecule has 19 heavy (non-hydrogen) atoms. The van der Waals surface area contributed by atoms with Crippen molar-refractivity contribution in [2.45, 2.75) is 26.3 Å². The van der Waals surface area contributed by atoms with Crippen LogP contribution in [0.1, 0.15) is 31.2 Å². The van der Waals surface area contributed by atoms with E-state index in [1.807, 2.05) is 18.2 Å². The molecule has 1 N–H and O–H groups in total. The van der Waals surface area contributed by atoms with Gasteiger partial charge in [0.15, 0.2) is 0 Å². The van der Waals surface area contributed by atoms with Gasteiger partial charge in [0.25, 0.3) is 0 Å².